The van der Waals surface area contributed by atoms with Gasteiger partial charge in [-0.2, -0.15) is 8.42 Å². The van der Waals surface area contributed by atoms with E-state index in [-0.39, 0.29) is 4.90 Å². The molecule has 3 rings (SSSR count). The molecule has 7 heteroatoms. The Morgan fingerprint density at radius 3 is 2.71 bits per heavy atom. The highest BCUT2D eigenvalue weighted by Gasteiger charge is 2.24. The smallest absolute Gasteiger partial charge is 0.285 e. The first-order chi connectivity index (χ1) is 9.97. The van der Waals surface area contributed by atoms with Crippen LogP contribution in [0.5, 0.6) is 0 Å². The summed E-state index contributed by atoms with van der Waals surface area (Å²) in [6.07, 6.45) is 1.32. The number of nitrogen functional groups attached to an aromatic ring is 1. The lowest BCUT2D eigenvalue weighted by molar-refractivity contribution is 0.597. The molecule has 0 atom stereocenters. The molecule has 0 unspecified atom stereocenters. The first-order valence-electron chi connectivity index (χ1n) is 6.17. The highest BCUT2D eigenvalue weighted by molar-refractivity contribution is 7.90. The van der Waals surface area contributed by atoms with Gasteiger partial charge in [-0.25, -0.2) is 0 Å². The number of fused-ring (bicyclic) bond motifs is 1. The highest BCUT2D eigenvalue weighted by Crippen LogP contribution is 2.30. The van der Waals surface area contributed by atoms with Crippen molar-refractivity contribution in [2.24, 2.45) is 4.40 Å². The van der Waals surface area contributed by atoms with Gasteiger partial charge in [-0.1, -0.05) is 29.8 Å². The van der Waals surface area contributed by atoms with Crippen molar-refractivity contribution in [2.75, 3.05) is 10.6 Å². The lowest BCUT2D eigenvalue weighted by atomic mass is 10.2. The molecule has 1 aliphatic heterocycles. The van der Waals surface area contributed by atoms with Crippen molar-refractivity contribution in [1.29, 1.82) is 0 Å². The summed E-state index contributed by atoms with van der Waals surface area (Å²) in [5.74, 6) is 0. The number of nitrogens with two attached hydrogens (primary N) is 1. The number of benzene rings is 2. The monoisotopic (exact) mass is 321 g/mol. The van der Waals surface area contributed by atoms with Crippen LogP contribution >= 0.6 is 11.6 Å². The summed E-state index contributed by atoms with van der Waals surface area (Å²) >= 11 is 5.90. The molecule has 2 aromatic carbocycles. The molecule has 5 nitrogen and oxygen atoms in total. The lowest BCUT2D eigenvalue weighted by Gasteiger charge is -2.25. The molecule has 0 aromatic heterocycles. The third-order valence-electron chi connectivity index (χ3n) is 3.19. The molecule has 1 heterocycles. The molecule has 0 spiro atoms. The first kappa shape index (κ1) is 13.9. The number of anilines is 2. The van der Waals surface area contributed by atoms with E-state index in [0.717, 1.165) is 5.56 Å². The summed E-state index contributed by atoms with van der Waals surface area (Å²) in [5, 5.41) is 0.494. The summed E-state index contributed by atoms with van der Waals surface area (Å²) in [4.78, 5) is 1.97. The summed E-state index contributed by atoms with van der Waals surface area (Å²) in [6.45, 7) is 0.456. The average molecular weight is 322 g/mol. The summed E-state index contributed by atoms with van der Waals surface area (Å²) in [7, 11) is -3.60. The van der Waals surface area contributed by atoms with Gasteiger partial charge < -0.3 is 10.6 Å². The molecular weight excluding hydrogens is 310 g/mol. The Bertz CT molecular complexity index is 834. The maximum Gasteiger partial charge on any atom is 0.285 e. The van der Waals surface area contributed by atoms with Gasteiger partial charge >= 0.3 is 0 Å². The van der Waals surface area contributed by atoms with Gasteiger partial charge in [0.25, 0.3) is 10.0 Å². The summed E-state index contributed by atoms with van der Waals surface area (Å²) < 4.78 is 27.5. The fourth-order valence-electron chi connectivity index (χ4n) is 2.16. The molecule has 0 aliphatic carbocycles. The van der Waals surface area contributed by atoms with E-state index >= 15 is 0 Å². The number of rotatable bonds is 2. The van der Waals surface area contributed by atoms with E-state index in [1.54, 1.807) is 41.3 Å². The zero-order valence-electron chi connectivity index (χ0n) is 10.9. The van der Waals surface area contributed by atoms with Crippen LogP contribution in [0, 0.1) is 0 Å². The van der Waals surface area contributed by atoms with Crippen molar-refractivity contribution < 1.29 is 8.42 Å². The number of hydrogen-bond donors (Lipinski definition) is 1. The van der Waals surface area contributed by atoms with E-state index in [1.807, 2.05) is 6.07 Å². The van der Waals surface area contributed by atoms with Crippen LogP contribution in [0.15, 0.2) is 51.8 Å². The zero-order valence-corrected chi connectivity index (χ0v) is 12.5. The number of para-hydroxylation sites is 1. The predicted octanol–water partition coefficient (Wildman–Crippen LogP) is 2.66. The van der Waals surface area contributed by atoms with Gasteiger partial charge in [-0.3, -0.25) is 0 Å². The van der Waals surface area contributed by atoms with Crippen LogP contribution in [-0.2, 0) is 16.6 Å². The van der Waals surface area contributed by atoms with Crippen molar-refractivity contribution in [3.63, 3.8) is 0 Å². The predicted molar refractivity (Wildman–Crippen MR) is 84.2 cm³/mol. The Balaban J connectivity index is 1.99. The summed E-state index contributed by atoms with van der Waals surface area (Å²) in [6, 6.07) is 12.1. The van der Waals surface area contributed by atoms with E-state index in [1.165, 1.54) is 6.34 Å². The van der Waals surface area contributed by atoms with Crippen molar-refractivity contribution >= 4 is 39.3 Å². The van der Waals surface area contributed by atoms with Gasteiger partial charge in [0, 0.05) is 6.54 Å². The number of halogens is 1. The molecule has 0 saturated carbocycles. The molecule has 21 heavy (non-hydrogen) atoms. The van der Waals surface area contributed by atoms with Crippen molar-refractivity contribution in [2.45, 2.75) is 11.4 Å². The highest BCUT2D eigenvalue weighted by atomic mass is 35.5. The van der Waals surface area contributed by atoms with Gasteiger partial charge in [-0.05, 0) is 29.8 Å². The van der Waals surface area contributed by atoms with E-state index < -0.39 is 10.0 Å². The average Bonchev–Trinajstić information content (AvgIpc) is 2.46. The van der Waals surface area contributed by atoms with Crippen LogP contribution in [0.2, 0.25) is 5.02 Å². The first-order valence-corrected chi connectivity index (χ1v) is 7.99. The molecule has 108 valence electrons. The zero-order chi connectivity index (χ0) is 15.0. The molecule has 1 aliphatic rings. The van der Waals surface area contributed by atoms with Crippen molar-refractivity contribution in [3.05, 3.63) is 53.1 Å². The number of sulfonamides is 1. The third kappa shape index (κ3) is 2.59. The van der Waals surface area contributed by atoms with Crippen LogP contribution < -0.4 is 10.6 Å². The van der Waals surface area contributed by atoms with E-state index in [4.69, 9.17) is 17.3 Å². The van der Waals surface area contributed by atoms with Crippen molar-refractivity contribution in [1.82, 2.24) is 0 Å². The number of hydrogen-bond acceptors (Lipinski definition) is 4. The SMILES string of the molecule is Nc1cc(CN2C=NS(=O)(=O)c3ccccc32)ccc1Cl. The standard InChI is InChI=1S/C14H12ClN3O2S/c15-11-6-5-10(7-12(11)16)8-18-9-17-21(19,20)14-4-2-1-3-13(14)18/h1-7,9H,8,16H2. The number of nitrogens with zero attached hydrogens (tertiary/aromatic N) is 2. The Kier molecular flexibility index (Phi) is 3.35. The Morgan fingerprint density at radius 2 is 1.95 bits per heavy atom. The topological polar surface area (TPSA) is 75.8 Å². The fraction of sp³-hybridized carbons (Fsp3) is 0.0714. The third-order valence-corrected chi connectivity index (χ3v) is 4.81. The molecule has 2 N–H and O–H groups in total. The van der Waals surface area contributed by atoms with Gasteiger partial charge in [0.1, 0.15) is 11.2 Å². The largest absolute Gasteiger partial charge is 0.398 e. The molecule has 2 aromatic rings. The van der Waals surface area contributed by atoms with Crippen molar-refractivity contribution in [3.8, 4) is 0 Å². The normalized spacial score (nSPS) is 15.8. The van der Waals surface area contributed by atoms with Crippen LogP contribution in [0.4, 0.5) is 11.4 Å². The minimum atomic E-state index is -3.60. The van der Waals surface area contributed by atoms with Gasteiger partial charge in [0.2, 0.25) is 0 Å². The second-order valence-corrected chi connectivity index (χ2v) is 6.66. The molecule has 0 bridgehead atoms. The molecule has 0 amide bonds. The Labute approximate surface area is 127 Å². The van der Waals surface area contributed by atoms with Gasteiger partial charge in [-0.15, -0.1) is 4.40 Å². The molecule has 0 fully saturated rings. The minimum Gasteiger partial charge on any atom is -0.398 e. The second-order valence-electron chi connectivity index (χ2n) is 4.65. The van der Waals surface area contributed by atoms with Crippen LogP contribution in [-0.4, -0.2) is 14.8 Å². The fourth-order valence-corrected chi connectivity index (χ4v) is 3.33. The quantitative estimate of drug-likeness (QED) is 0.863. The van der Waals surface area contributed by atoms with Gasteiger partial charge in [0.05, 0.1) is 16.4 Å². The molecule has 0 radical (unpaired) electrons. The summed E-state index contributed by atoms with van der Waals surface area (Å²) in [5.41, 5.74) is 7.79. The maximum absolute atomic E-state index is 11.9. The van der Waals surface area contributed by atoms with Crippen LogP contribution in [0.3, 0.4) is 0 Å². The lowest BCUT2D eigenvalue weighted by Crippen LogP contribution is -2.26. The minimum absolute atomic E-state index is 0.203. The van der Waals surface area contributed by atoms with E-state index in [9.17, 15) is 8.42 Å². The molecule has 0 saturated heterocycles. The van der Waals surface area contributed by atoms with E-state index in [0.29, 0.717) is 22.9 Å². The molecular formula is C14H12ClN3O2S. The van der Waals surface area contributed by atoms with Gasteiger partial charge in [0.15, 0.2) is 0 Å². The Hall–Kier alpha value is -2.05. The van der Waals surface area contributed by atoms with E-state index in [2.05, 4.69) is 4.40 Å². The van der Waals surface area contributed by atoms with Crippen LogP contribution in [0.25, 0.3) is 0 Å². The second kappa shape index (κ2) is 5.05. The van der Waals surface area contributed by atoms with Crippen LogP contribution in [0.1, 0.15) is 5.56 Å². The Morgan fingerprint density at radius 1 is 1.19 bits per heavy atom. The maximum atomic E-state index is 11.9.